The number of nitrogens with zero attached hydrogens (tertiary/aromatic N) is 1. The van der Waals surface area contributed by atoms with Gasteiger partial charge in [0.05, 0.1) is 7.11 Å². The first-order valence-corrected chi connectivity index (χ1v) is 2.80. The Hall–Kier alpha value is -1.25. The third-order valence-corrected chi connectivity index (χ3v) is 1.11. The van der Waals surface area contributed by atoms with Gasteiger partial charge in [-0.05, 0) is 12.1 Å². The molecule has 1 aromatic rings. The average molecular weight is 141 g/mol. The second-order valence-electron chi connectivity index (χ2n) is 1.68. The van der Waals surface area contributed by atoms with Gasteiger partial charge < -0.3 is 10.1 Å². The van der Waals surface area contributed by atoms with Crippen LogP contribution in [0.25, 0.3) is 0 Å². The number of hydrogen-bond acceptors (Lipinski definition) is 3. The summed E-state index contributed by atoms with van der Waals surface area (Å²) in [4.78, 5) is 3.84. The molecule has 1 N–H and O–H groups in total. The number of methoxy groups -OCH3 is 1. The lowest BCUT2D eigenvalue weighted by Crippen LogP contribution is -1.95. The van der Waals surface area contributed by atoms with E-state index in [1.807, 2.05) is 0 Å². The van der Waals surface area contributed by atoms with E-state index >= 15 is 0 Å². The Labute approximate surface area is 64.3 Å². The number of anilines is 1. The zero-order valence-electron chi connectivity index (χ0n) is 8.59. The van der Waals surface area contributed by atoms with Gasteiger partial charge in [-0.15, -0.1) is 0 Å². The molecule has 0 amide bonds. The van der Waals surface area contributed by atoms with Crippen LogP contribution in [-0.2, 0) is 0 Å². The highest BCUT2D eigenvalue weighted by Gasteiger charge is 1.97. The topological polar surface area (TPSA) is 34.2 Å². The third kappa shape index (κ3) is 1.18. The van der Waals surface area contributed by atoms with Crippen molar-refractivity contribution in [1.29, 1.82) is 0 Å². The van der Waals surface area contributed by atoms with E-state index in [2.05, 4.69) is 10.3 Å². The van der Waals surface area contributed by atoms with Crippen molar-refractivity contribution < 1.29 is 8.85 Å². The molecule has 3 heteroatoms. The van der Waals surface area contributed by atoms with E-state index in [-0.39, 0.29) is 5.82 Å². The van der Waals surface area contributed by atoms with E-state index in [4.69, 9.17) is 8.85 Å². The van der Waals surface area contributed by atoms with Crippen LogP contribution in [0.2, 0.25) is 0 Å². The molecule has 0 aromatic carbocycles. The molecule has 0 spiro atoms. The van der Waals surface area contributed by atoms with Crippen molar-refractivity contribution in [3.05, 3.63) is 18.3 Å². The molecule has 0 fully saturated rings. The lowest BCUT2D eigenvalue weighted by atomic mass is 10.4. The Bertz CT molecular complexity index is 287. The van der Waals surface area contributed by atoms with Crippen LogP contribution in [0.3, 0.4) is 0 Å². The van der Waals surface area contributed by atoms with E-state index in [0.717, 1.165) is 0 Å². The standard InChI is InChI=1S/C7H10N2O/c1-8-7-6(10-2)4-3-5-9-7/h3-5H,1-2H3,(H,8,9)/i1D3. The van der Waals surface area contributed by atoms with Crippen LogP contribution in [0.1, 0.15) is 4.11 Å². The fourth-order valence-corrected chi connectivity index (χ4v) is 0.649. The summed E-state index contributed by atoms with van der Waals surface area (Å²) in [7, 11) is 1.46. The summed E-state index contributed by atoms with van der Waals surface area (Å²) < 4.78 is 25.8. The van der Waals surface area contributed by atoms with E-state index in [0.29, 0.717) is 5.75 Å². The number of hydrogen-bond donors (Lipinski definition) is 1. The van der Waals surface area contributed by atoms with Crippen LogP contribution in [0.4, 0.5) is 5.82 Å². The van der Waals surface area contributed by atoms with Gasteiger partial charge in [0.25, 0.3) is 0 Å². The molecule has 0 aliphatic carbocycles. The Morgan fingerprint density at radius 1 is 1.80 bits per heavy atom. The van der Waals surface area contributed by atoms with Crippen molar-refractivity contribution >= 4 is 5.82 Å². The third-order valence-electron chi connectivity index (χ3n) is 1.11. The second-order valence-corrected chi connectivity index (χ2v) is 1.68. The maximum absolute atomic E-state index is 6.97. The van der Waals surface area contributed by atoms with Crippen LogP contribution < -0.4 is 10.1 Å². The highest BCUT2D eigenvalue weighted by molar-refractivity contribution is 5.48. The predicted molar refractivity (Wildman–Crippen MR) is 40.3 cm³/mol. The smallest absolute Gasteiger partial charge is 0.168 e. The minimum absolute atomic E-state index is 0.227. The molecule has 10 heavy (non-hydrogen) atoms. The molecule has 3 nitrogen and oxygen atoms in total. The van der Waals surface area contributed by atoms with Gasteiger partial charge >= 0.3 is 0 Å². The fourth-order valence-electron chi connectivity index (χ4n) is 0.649. The summed E-state index contributed by atoms with van der Waals surface area (Å²) in [5.74, 6) is 0.642. The fraction of sp³-hybridized carbons (Fsp3) is 0.286. The van der Waals surface area contributed by atoms with Crippen molar-refractivity contribution in [2.45, 2.75) is 0 Å². The monoisotopic (exact) mass is 141 g/mol. The molecule has 0 bridgehead atoms. The molecule has 1 heterocycles. The highest BCUT2D eigenvalue weighted by Crippen LogP contribution is 2.18. The lowest BCUT2D eigenvalue weighted by Gasteiger charge is -2.04. The van der Waals surface area contributed by atoms with Crippen molar-refractivity contribution in [3.63, 3.8) is 0 Å². The van der Waals surface area contributed by atoms with Gasteiger partial charge in [-0.25, -0.2) is 4.98 Å². The molecule has 0 radical (unpaired) electrons. The Morgan fingerprint density at radius 2 is 2.70 bits per heavy atom. The number of rotatable bonds is 2. The SMILES string of the molecule is [2H]C([2H])([2H])Nc1ncccc1OC. The highest BCUT2D eigenvalue weighted by atomic mass is 16.5. The summed E-state index contributed by atoms with van der Waals surface area (Å²) in [6, 6.07) is 3.31. The molecule has 0 saturated carbocycles. The summed E-state index contributed by atoms with van der Waals surface area (Å²) in [5, 5.41) is 2.26. The summed E-state index contributed by atoms with van der Waals surface area (Å²) >= 11 is 0. The molecule has 0 unspecified atom stereocenters. The molecule has 0 aliphatic rings. The van der Waals surface area contributed by atoms with Gasteiger partial charge in [0.1, 0.15) is 0 Å². The van der Waals surface area contributed by atoms with Crippen LogP contribution in [0.5, 0.6) is 5.75 Å². The van der Waals surface area contributed by atoms with Crippen molar-refractivity contribution in [2.75, 3.05) is 19.4 Å². The zero-order valence-corrected chi connectivity index (χ0v) is 5.59. The van der Waals surface area contributed by atoms with Crippen molar-refractivity contribution in [1.82, 2.24) is 4.98 Å². The summed E-state index contributed by atoms with van der Waals surface area (Å²) in [5.41, 5.74) is 0. The molecular weight excluding hydrogens is 128 g/mol. The lowest BCUT2D eigenvalue weighted by molar-refractivity contribution is 0.415. The maximum atomic E-state index is 6.97. The maximum Gasteiger partial charge on any atom is 0.168 e. The number of nitrogens with one attached hydrogen (secondary N) is 1. The first kappa shape index (κ1) is 3.81. The minimum Gasteiger partial charge on any atom is -0.493 e. The molecule has 0 saturated heterocycles. The first-order valence-electron chi connectivity index (χ1n) is 4.30. The van der Waals surface area contributed by atoms with E-state index in [9.17, 15) is 0 Å². The van der Waals surface area contributed by atoms with Crippen LogP contribution in [0.15, 0.2) is 18.3 Å². The van der Waals surface area contributed by atoms with Gasteiger partial charge in [0, 0.05) is 17.3 Å². The molecule has 0 atom stereocenters. The number of ether oxygens (including phenoxy) is 1. The molecular formula is C7H10N2O. The van der Waals surface area contributed by atoms with Crippen molar-refractivity contribution in [3.8, 4) is 5.75 Å². The predicted octanol–water partition coefficient (Wildman–Crippen LogP) is 1.13. The average Bonchev–Trinajstić information content (AvgIpc) is 2.02. The summed E-state index contributed by atoms with van der Waals surface area (Å²) in [6.07, 6.45) is 1.50. The normalized spacial score (nSPS) is 14.7. The van der Waals surface area contributed by atoms with Gasteiger partial charge in [0.2, 0.25) is 0 Å². The van der Waals surface area contributed by atoms with Gasteiger partial charge in [-0.2, -0.15) is 0 Å². The number of aromatic nitrogens is 1. The number of pyridine rings is 1. The summed E-state index contributed by atoms with van der Waals surface area (Å²) in [6.45, 7) is -2.25. The van der Waals surface area contributed by atoms with Crippen molar-refractivity contribution in [2.24, 2.45) is 0 Å². The van der Waals surface area contributed by atoms with Crippen LogP contribution in [-0.4, -0.2) is 19.1 Å². The van der Waals surface area contributed by atoms with Gasteiger partial charge in [-0.1, -0.05) is 0 Å². The van der Waals surface area contributed by atoms with Gasteiger partial charge in [-0.3, -0.25) is 0 Å². The van der Waals surface area contributed by atoms with E-state index in [1.165, 1.54) is 13.3 Å². The Balaban J connectivity index is 2.87. The Kier molecular flexibility index (Phi) is 1.16. The second kappa shape index (κ2) is 3.06. The van der Waals surface area contributed by atoms with Crippen LogP contribution in [0, 0.1) is 0 Å². The Morgan fingerprint density at radius 3 is 3.40 bits per heavy atom. The molecule has 1 aromatic heterocycles. The minimum atomic E-state index is -2.25. The van der Waals surface area contributed by atoms with Gasteiger partial charge in [0.15, 0.2) is 11.6 Å². The molecule has 0 aliphatic heterocycles. The van der Waals surface area contributed by atoms with E-state index in [1.54, 1.807) is 12.1 Å². The molecule has 1 rings (SSSR count). The zero-order chi connectivity index (χ0) is 9.90. The van der Waals surface area contributed by atoms with Crippen LogP contribution >= 0.6 is 0 Å². The van der Waals surface area contributed by atoms with E-state index < -0.39 is 6.98 Å². The quantitative estimate of drug-likeness (QED) is 0.670. The first-order chi connectivity index (χ1) is 6.03. The largest absolute Gasteiger partial charge is 0.493 e. The molecule has 54 valence electrons.